The molecule has 0 atom stereocenters. The maximum atomic E-state index is 11.8. The van der Waals surface area contributed by atoms with Crippen LogP contribution in [0.5, 0.6) is 0 Å². The minimum atomic E-state index is -0.951. The van der Waals surface area contributed by atoms with E-state index in [9.17, 15) is 9.59 Å². The van der Waals surface area contributed by atoms with Crippen LogP contribution in [-0.2, 0) is 9.59 Å². The topological polar surface area (TPSA) is 60.9 Å². The quantitative estimate of drug-likeness (QED) is 0.616. The van der Waals surface area contributed by atoms with Gasteiger partial charge in [0.2, 0.25) is 5.91 Å². The van der Waals surface area contributed by atoms with E-state index < -0.39 is 5.97 Å². The number of unbranched alkanes of at least 4 members (excludes halogenated alkanes) is 2. The first-order chi connectivity index (χ1) is 7.97. The number of carboxylic acids is 1. The smallest absolute Gasteiger partial charge is 0.323 e. The summed E-state index contributed by atoms with van der Waals surface area (Å²) in [5.41, 5.74) is 0. The summed E-state index contributed by atoms with van der Waals surface area (Å²) in [6.07, 6.45) is 3.37. The lowest BCUT2D eigenvalue weighted by Gasteiger charge is -2.22. The lowest BCUT2D eigenvalue weighted by atomic mass is 10.2. The Labute approximate surface area is 103 Å². The summed E-state index contributed by atoms with van der Waals surface area (Å²) in [5.74, 6) is -1.00. The van der Waals surface area contributed by atoms with Gasteiger partial charge in [-0.2, -0.15) is 0 Å². The van der Waals surface area contributed by atoms with Gasteiger partial charge in [0.15, 0.2) is 0 Å². The van der Waals surface area contributed by atoms with E-state index in [2.05, 4.69) is 6.92 Å². The maximum absolute atomic E-state index is 11.8. The van der Waals surface area contributed by atoms with Gasteiger partial charge in [-0.1, -0.05) is 19.8 Å². The molecule has 0 aromatic carbocycles. The lowest BCUT2D eigenvalue weighted by Crippen LogP contribution is -2.39. The van der Waals surface area contributed by atoms with Gasteiger partial charge >= 0.3 is 5.97 Å². The van der Waals surface area contributed by atoms with Gasteiger partial charge in [-0.15, -0.1) is 0 Å². The molecule has 0 saturated heterocycles. The summed E-state index contributed by atoms with van der Waals surface area (Å²) < 4.78 is 0. The van der Waals surface area contributed by atoms with Crippen LogP contribution in [0.1, 0.15) is 32.6 Å². The summed E-state index contributed by atoms with van der Waals surface area (Å²) in [4.78, 5) is 25.9. The van der Waals surface area contributed by atoms with Crippen LogP contribution in [0, 0.1) is 0 Å². The van der Waals surface area contributed by atoms with Crippen molar-refractivity contribution in [3.63, 3.8) is 0 Å². The Balaban J connectivity index is 4.14. The number of rotatable bonds is 9. The van der Waals surface area contributed by atoms with Crippen LogP contribution in [-0.4, -0.2) is 60.5 Å². The van der Waals surface area contributed by atoms with Crippen LogP contribution in [0.15, 0.2) is 0 Å². The highest BCUT2D eigenvalue weighted by Crippen LogP contribution is 2.03. The Morgan fingerprint density at radius 2 is 1.76 bits per heavy atom. The van der Waals surface area contributed by atoms with Crippen LogP contribution in [0.2, 0.25) is 0 Å². The fourth-order valence-corrected chi connectivity index (χ4v) is 1.46. The monoisotopic (exact) mass is 244 g/mol. The number of carboxylic acid groups (broad SMARTS) is 1. The fraction of sp³-hybridized carbons (Fsp3) is 0.833. The molecular weight excluding hydrogens is 220 g/mol. The molecule has 0 aromatic rings. The van der Waals surface area contributed by atoms with Crippen molar-refractivity contribution >= 4 is 11.9 Å². The molecule has 0 saturated carbocycles. The molecule has 1 N–H and O–H groups in total. The average molecular weight is 244 g/mol. The van der Waals surface area contributed by atoms with Crippen LogP contribution in [0.25, 0.3) is 0 Å². The highest BCUT2D eigenvalue weighted by molar-refractivity contribution is 5.81. The third kappa shape index (κ3) is 8.68. The molecule has 5 heteroatoms. The highest BCUT2D eigenvalue weighted by Gasteiger charge is 2.15. The molecule has 1 amide bonds. The standard InChI is InChI=1S/C12H24N2O3/c1-4-5-6-7-11(15)14(10-12(16)17)9-8-13(2)3/h4-10H2,1-3H3,(H,16,17). The van der Waals surface area contributed by atoms with E-state index in [4.69, 9.17) is 5.11 Å². The van der Waals surface area contributed by atoms with E-state index in [0.29, 0.717) is 19.5 Å². The number of amides is 1. The first-order valence-corrected chi connectivity index (χ1v) is 6.11. The maximum Gasteiger partial charge on any atom is 0.323 e. The average Bonchev–Trinajstić information content (AvgIpc) is 2.23. The Hall–Kier alpha value is -1.10. The molecular formula is C12H24N2O3. The molecule has 0 heterocycles. The van der Waals surface area contributed by atoms with Crippen molar-refractivity contribution in [1.29, 1.82) is 0 Å². The third-order valence-electron chi connectivity index (χ3n) is 2.49. The molecule has 0 aliphatic carbocycles. The number of nitrogens with zero attached hydrogens (tertiary/aromatic N) is 2. The Kier molecular flexibility index (Phi) is 8.40. The van der Waals surface area contributed by atoms with Crippen molar-refractivity contribution in [2.75, 3.05) is 33.7 Å². The fourth-order valence-electron chi connectivity index (χ4n) is 1.46. The molecule has 0 rings (SSSR count). The molecule has 0 spiro atoms. The van der Waals surface area contributed by atoms with E-state index in [0.717, 1.165) is 19.3 Å². The second-order valence-corrected chi connectivity index (χ2v) is 4.47. The molecule has 100 valence electrons. The van der Waals surface area contributed by atoms with Crippen LogP contribution in [0.4, 0.5) is 0 Å². The zero-order valence-corrected chi connectivity index (χ0v) is 11.1. The molecule has 0 unspecified atom stereocenters. The Bertz CT molecular complexity index is 242. The summed E-state index contributed by atoms with van der Waals surface area (Å²) >= 11 is 0. The number of likely N-dealkylation sites (N-methyl/N-ethyl adjacent to an activating group) is 1. The second-order valence-electron chi connectivity index (χ2n) is 4.47. The van der Waals surface area contributed by atoms with Crippen molar-refractivity contribution in [3.05, 3.63) is 0 Å². The molecule has 0 aliphatic rings. The van der Waals surface area contributed by atoms with E-state index in [-0.39, 0.29) is 12.5 Å². The van der Waals surface area contributed by atoms with Crippen molar-refractivity contribution in [2.45, 2.75) is 32.6 Å². The van der Waals surface area contributed by atoms with Crippen LogP contribution in [0.3, 0.4) is 0 Å². The normalized spacial score (nSPS) is 10.6. The van der Waals surface area contributed by atoms with Crippen molar-refractivity contribution in [2.24, 2.45) is 0 Å². The predicted octanol–water partition coefficient (Wildman–Crippen LogP) is 1.04. The number of hydrogen-bond donors (Lipinski definition) is 1. The zero-order chi connectivity index (χ0) is 13.3. The van der Waals surface area contributed by atoms with E-state index in [1.165, 1.54) is 4.90 Å². The first kappa shape index (κ1) is 15.9. The third-order valence-corrected chi connectivity index (χ3v) is 2.49. The van der Waals surface area contributed by atoms with Gasteiger partial charge in [0, 0.05) is 19.5 Å². The minimum Gasteiger partial charge on any atom is -0.480 e. The van der Waals surface area contributed by atoms with Gasteiger partial charge in [0.25, 0.3) is 0 Å². The van der Waals surface area contributed by atoms with Crippen molar-refractivity contribution in [3.8, 4) is 0 Å². The molecule has 5 nitrogen and oxygen atoms in total. The summed E-state index contributed by atoms with van der Waals surface area (Å²) in [7, 11) is 3.81. The molecule has 17 heavy (non-hydrogen) atoms. The number of hydrogen-bond acceptors (Lipinski definition) is 3. The zero-order valence-electron chi connectivity index (χ0n) is 11.1. The first-order valence-electron chi connectivity index (χ1n) is 6.11. The molecule has 0 aromatic heterocycles. The Morgan fingerprint density at radius 1 is 1.12 bits per heavy atom. The summed E-state index contributed by atoms with van der Waals surface area (Å²) in [6, 6.07) is 0. The van der Waals surface area contributed by atoms with E-state index in [1.807, 2.05) is 19.0 Å². The van der Waals surface area contributed by atoms with Gasteiger partial charge in [0.1, 0.15) is 6.54 Å². The largest absolute Gasteiger partial charge is 0.480 e. The van der Waals surface area contributed by atoms with Crippen molar-refractivity contribution in [1.82, 2.24) is 9.80 Å². The van der Waals surface area contributed by atoms with Gasteiger partial charge in [-0.3, -0.25) is 9.59 Å². The van der Waals surface area contributed by atoms with E-state index in [1.54, 1.807) is 0 Å². The molecule has 0 aliphatic heterocycles. The van der Waals surface area contributed by atoms with Crippen molar-refractivity contribution < 1.29 is 14.7 Å². The van der Waals surface area contributed by atoms with Gasteiger partial charge in [-0.05, 0) is 20.5 Å². The van der Waals surface area contributed by atoms with Gasteiger partial charge in [0.05, 0.1) is 0 Å². The SMILES string of the molecule is CCCCCC(=O)N(CCN(C)C)CC(=O)O. The van der Waals surface area contributed by atoms with Crippen LogP contribution >= 0.6 is 0 Å². The number of aliphatic carboxylic acids is 1. The predicted molar refractivity (Wildman–Crippen MR) is 66.9 cm³/mol. The lowest BCUT2D eigenvalue weighted by molar-refractivity contribution is -0.144. The van der Waals surface area contributed by atoms with Gasteiger partial charge in [-0.25, -0.2) is 0 Å². The summed E-state index contributed by atoms with van der Waals surface area (Å²) in [5, 5.41) is 8.76. The summed E-state index contributed by atoms with van der Waals surface area (Å²) in [6.45, 7) is 3.04. The van der Waals surface area contributed by atoms with Gasteiger partial charge < -0.3 is 14.9 Å². The second kappa shape index (κ2) is 8.98. The molecule has 0 fully saturated rings. The van der Waals surface area contributed by atoms with E-state index >= 15 is 0 Å². The highest BCUT2D eigenvalue weighted by atomic mass is 16.4. The number of carbonyl (C=O) groups excluding carboxylic acids is 1. The molecule has 0 radical (unpaired) electrons. The molecule has 0 bridgehead atoms. The van der Waals surface area contributed by atoms with Crippen LogP contribution < -0.4 is 0 Å². The number of carbonyl (C=O) groups is 2. The minimum absolute atomic E-state index is 0.0531. The Morgan fingerprint density at radius 3 is 2.24 bits per heavy atom.